The number of rotatable bonds is 7. The smallest absolute Gasteiger partial charge is 0.241 e. The Morgan fingerprint density at radius 2 is 1.81 bits per heavy atom. The normalized spacial score (nSPS) is 16.7. The van der Waals surface area contributed by atoms with E-state index in [1.54, 1.807) is 19.1 Å². The van der Waals surface area contributed by atoms with Crippen LogP contribution in [0.3, 0.4) is 0 Å². The molecule has 0 aliphatic carbocycles. The van der Waals surface area contributed by atoms with Crippen molar-refractivity contribution in [2.75, 3.05) is 20.8 Å². The third-order valence-corrected chi connectivity index (χ3v) is 6.75. The molecule has 1 heterocycles. The molecular weight excluding hydrogens is 446 g/mol. The zero-order valence-corrected chi connectivity index (χ0v) is 18.3. The van der Waals surface area contributed by atoms with Gasteiger partial charge in [-0.2, -0.15) is 0 Å². The van der Waals surface area contributed by atoms with Crippen LogP contribution >= 0.6 is 39.9 Å². The summed E-state index contributed by atoms with van der Waals surface area (Å²) in [7, 11) is 3.20. The van der Waals surface area contributed by atoms with E-state index < -0.39 is 0 Å². The predicted molar refractivity (Wildman–Crippen MR) is 117 cm³/mol. The van der Waals surface area contributed by atoms with Gasteiger partial charge in [0.25, 0.3) is 0 Å². The number of ether oxygens (including phenoxy) is 2. The molecule has 27 heavy (non-hydrogen) atoms. The van der Waals surface area contributed by atoms with Crippen LogP contribution in [0.2, 0.25) is 0 Å². The first-order valence-corrected chi connectivity index (χ1v) is 10.6. The predicted octanol–water partition coefficient (Wildman–Crippen LogP) is 4.48. The van der Waals surface area contributed by atoms with Crippen LogP contribution in [0.5, 0.6) is 11.5 Å². The van der Waals surface area contributed by atoms with Crippen LogP contribution in [0.15, 0.2) is 46.9 Å². The van der Waals surface area contributed by atoms with E-state index in [0.29, 0.717) is 28.8 Å². The van der Waals surface area contributed by atoms with E-state index >= 15 is 0 Å². The van der Waals surface area contributed by atoms with E-state index in [-0.39, 0.29) is 11.2 Å². The van der Waals surface area contributed by atoms with Gasteiger partial charge in [-0.05, 0) is 36.1 Å². The maximum absolute atomic E-state index is 12.9. The minimum absolute atomic E-state index is 0.0719. The second-order valence-corrected chi connectivity index (χ2v) is 8.79. The molecule has 0 unspecified atom stereocenters. The lowest BCUT2D eigenvalue weighted by Gasteiger charge is -2.16. The topological polar surface area (TPSA) is 38.8 Å². The molecule has 1 amide bonds. The van der Waals surface area contributed by atoms with Crippen molar-refractivity contribution in [3.05, 3.63) is 58.1 Å². The molecule has 0 radical (unpaired) electrons. The molecule has 0 aromatic heterocycles. The van der Waals surface area contributed by atoms with Gasteiger partial charge in [-0.1, -0.05) is 70.2 Å². The molecule has 0 N–H and O–H groups in total. The van der Waals surface area contributed by atoms with Crippen LogP contribution in [-0.4, -0.2) is 41.1 Å². The SMILES string of the molecule is COc1cc(Br)c(C[C@@H]2SC(=S)N(CCc3ccccc3)C2=O)cc1OC. The Labute approximate surface area is 177 Å². The number of thioether (sulfide) groups is 1. The first kappa shape index (κ1) is 20.2. The van der Waals surface area contributed by atoms with Gasteiger partial charge in [-0.3, -0.25) is 9.69 Å². The quantitative estimate of drug-likeness (QED) is 0.563. The zero-order valence-electron chi connectivity index (χ0n) is 15.1. The first-order valence-electron chi connectivity index (χ1n) is 8.49. The highest BCUT2D eigenvalue weighted by molar-refractivity contribution is 9.10. The van der Waals surface area contributed by atoms with E-state index in [1.807, 2.05) is 30.3 Å². The summed E-state index contributed by atoms with van der Waals surface area (Å²) in [5.41, 5.74) is 2.19. The largest absolute Gasteiger partial charge is 0.493 e. The molecule has 4 nitrogen and oxygen atoms in total. The van der Waals surface area contributed by atoms with Gasteiger partial charge < -0.3 is 9.47 Å². The molecule has 3 rings (SSSR count). The summed E-state index contributed by atoms with van der Waals surface area (Å²) in [5, 5.41) is -0.220. The Kier molecular flexibility index (Phi) is 6.78. The minimum atomic E-state index is -0.220. The summed E-state index contributed by atoms with van der Waals surface area (Å²) in [6.07, 6.45) is 1.37. The number of methoxy groups -OCH3 is 2. The molecule has 7 heteroatoms. The second-order valence-electron chi connectivity index (χ2n) is 6.10. The molecule has 0 spiro atoms. The molecule has 1 atom stereocenters. The zero-order chi connectivity index (χ0) is 19.4. The number of hydrogen-bond acceptors (Lipinski definition) is 5. The van der Waals surface area contributed by atoms with E-state index in [0.717, 1.165) is 16.5 Å². The summed E-state index contributed by atoms with van der Waals surface area (Å²) < 4.78 is 12.2. The van der Waals surface area contributed by atoms with Crippen molar-refractivity contribution in [3.63, 3.8) is 0 Å². The highest BCUT2D eigenvalue weighted by Gasteiger charge is 2.37. The first-order chi connectivity index (χ1) is 13.0. The summed E-state index contributed by atoms with van der Waals surface area (Å²) in [5.74, 6) is 1.37. The average Bonchev–Trinajstić information content (AvgIpc) is 2.95. The number of hydrogen-bond donors (Lipinski definition) is 0. The maximum atomic E-state index is 12.9. The molecule has 0 saturated carbocycles. The number of carbonyl (C=O) groups is 1. The third-order valence-electron chi connectivity index (χ3n) is 4.43. The Morgan fingerprint density at radius 1 is 1.15 bits per heavy atom. The van der Waals surface area contributed by atoms with Crippen molar-refractivity contribution in [2.24, 2.45) is 0 Å². The number of benzene rings is 2. The fourth-order valence-corrected chi connectivity index (χ4v) is 5.02. The number of thiocarbonyl (C=S) groups is 1. The summed E-state index contributed by atoms with van der Waals surface area (Å²) in [4.78, 5) is 14.6. The van der Waals surface area contributed by atoms with E-state index in [2.05, 4.69) is 28.1 Å². The number of nitrogens with zero attached hydrogens (tertiary/aromatic N) is 1. The van der Waals surface area contributed by atoms with Gasteiger partial charge in [-0.25, -0.2) is 0 Å². The lowest BCUT2D eigenvalue weighted by Crippen LogP contribution is -2.33. The molecule has 2 aromatic carbocycles. The molecule has 142 valence electrons. The van der Waals surface area contributed by atoms with Crippen LogP contribution in [0.25, 0.3) is 0 Å². The summed E-state index contributed by atoms with van der Waals surface area (Å²) in [6, 6.07) is 13.9. The van der Waals surface area contributed by atoms with Gasteiger partial charge in [0.15, 0.2) is 11.5 Å². The molecule has 2 aromatic rings. The van der Waals surface area contributed by atoms with Gasteiger partial charge in [0.05, 0.1) is 19.5 Å². The van der Waals surface area contributed by atoms with Gasteiger partial charge >= 0.3 is 0 Å². The standard InChI is InChI=1S/C20H20BrNO3S2/c1-24-16-10-14(15(21)12-17(16)25-2)11-18-19(23)22(20(26)27-18)9-8-13-6-4-3-5-7-13/h3-7,10,12,18H,8-9,11H2,1-2H3/t18-/m0/s1. The van der Waals surface area contributed by atoms with Crippen LogP contribution < -0.4 is 9.47 Å². The Hall–Kier alpha value is -1.57. The average molecular weight is 466 g/mol. The van der Waals surface area contributed by atoms with E-state index in [1.165, 1.54) is 17.3 Å². The lowest BCUT2D eigenvalue weighted by molar-refractivity contribution is -0.126. The van der Waals surface area contributed by atoms with E-state index in [4.69, 9.17) is 21.7 Å². The van der Waals surface area contributed by atoms with Gasteiger partial charge in [0, 0.05) is 11.0 Å². The Morgan fingerprint density at radius 3 is 2.48 bits per heavy atom. The number of carbonyl (C=O) groups excluding carboxylic acids is 1. The molecule has 1 fully saturated rings. The molecular formula is C20H20BrNO3S2. The van der Waals surface area contributed by atoms with Crippen molar-refractivity contribution < 1.29 is 14.3 Å². The summed E-state index contributed by atoms with van der Waals surface area (Å²) >= 11 is 10.5. The molecule has 0 bridgehead atoms. The molecule has 1 aliphatic rings. The van der Waals surface area contributed by atoms with Crippen molar-refractivity contribution in [2.45, 2.75) is 18.1 Å². The van der Waals surface area contributed by atoms with Crippen LogP contribution in [-0.2, 0) is 17.6 Å². The van der Waals surface area contributed by atoms with Gasteiger partial charge in [0.2, 0.25) is 5.91 Å². The van der Waals surface area contributed by atoms with Gasteiger partial charge in [0.1, 0.15) is 4.32 Å². The van der Waals surface area contributed by atoms with Crippen LogP contribution in [0.1, 0.15) is 11.1 Å². The van der Waals surface area contributed by atoms with Crippen molar-refractivity contribution >= 4 is 50.1 Å². The van der Waals surface area contributed by atoms with Crippen molar-refractivity contribution in [1.82, 2.24) is 4.90 Å². The fourth-order valence-electron chi connectivity index (χ4n) is 2.97. The number of amides is 1. The maximum Gasteiger partial charge on any atom is 0.241 e. The van der Waals surface area contributed by atoms with E-state index in [9.17, 15) is 4.79 Å². The third kappa shape index (κ3) is 4.65. The number of halogens is 1. The van der Waals surface area contributed by atoms with Crippen LogP contribution in [0, 0.1) is 0 Å². The fraction of sp³-hybridized carbons (Fsp3) is 0.300. The lowest BCUT2D eigenvalue weighted by atomic mass is 10.1. The van der Waals surface area contributed by atoms with Crippen LogP contribution in [0.4, 0.5) is 0 Å². The Bertz CT molecular complexity index is 845. The molecule has 1 aliphatic heterocycles. The summed E-state index contributed by atoms with van der Waals surface area (Å²) in [6.45, 7) is 0.609. The van der Waals surface area contributed by atoms with Crippen molar-refractivity contribution in [1.29, 1.82) is 0 Å². The highest BCUT2D eigenvalue weighted by Crippen LogP contribution is 2.37. The monoisotopic (exact) mass is 465 g/mol. The van der Waals surface area contributed by atoms with Gasteiger partial charge in [-0.15, -0.1) is 0 Å². The highest BCUT2D eigenvalue weighted by atomic mass is 79.9. The minimum Gasteiger partial charge on any atom is -0.493 e. The Balaban J connectivity index is 1.70. The molecule has 1 saturated heterocycles. The van der Waals surface area contributed by atoms with Crippen molar-refractivity contribution in [3.8, 4) is 11.5 Å². The second kappa shape index (κ2) is 9.08.